The van der Waals surface area contributed by atoms with Gasteiger partial charge in [0.2, 0.25) is 0 Å². The lowest BCUT2D eigenvalue weighted by Gasteiger charge is -2.12. The molecule has 1 atom stereocenters. The molecule has 0 saturated carbocycles. The number of halogens is 3. The zero-order chi connectivity index (χ0) is 13.8. The summed E-state index contributed by atoms with van der Waals surface area (Å²) in [5.74, 6) is -1.68. The van der Waals surface area contributed by atoms with Crippen LogP contribution in [0.15, 0.2) is 41.1 Å². The number of nitrogens with zero attached hydrogens (tertiary/aromatic N) is 1. The summed E-state index contributed by atoms with van der Waals surface area (Å²) in [6.07, 6.45) is 4.56. The lowest BCUT2D eigenvalue weighted by atomic mass is 10.0. The van der Waals surface area contributed by atoms with Gasteiger partial charge in [-0.25, -0.2) is 8.78 Å². The van der Waals surface area contributed by atoms with Crippen molar-refractivity contribution in [2.24, 2.45) is 5.73 Å². The van der Waals surface area contributed by atoms with Crippen molar-refractivity contribution in [2.45, 2.75) is 18.9 Å². The predicted molar refractivity (Wildman–Crippen MR) is 73.7 cm³/mol. The maximum atomic E-state index is 13.1. The number of hydrogen-bond donors (Lipinski definition) is 1. The minimum atomic E-state index is -0.839. The van der Waals surface area contributed by atoms with Gasteiger partial charge in [-0.1, -0.05) is 6.07 Å². The summed E-state index contributed by atoms with van der Waals surface area (Å²) in [5.41, 5.74) is 7.71. The van der Waals surface area contributed by atoms with Crippen molar-refractivity contribution >= 4 is 15.9 Å². The first-order chi connectivity index (χ1) is 9.04. The Labute approximate surface area is 118 Å². The van der Waals surface area contributed by atoms with E-state index in [-0.39, 0.29) is 6.04 Å². The molecule has 0 aliphatic carbocycles. The van der Waals surface area contributed by atoms with Gasteiger partial charge in [0.25, 0.3) is 0 Å². The number of nitrogens with two attached hydrogens (primary N) is 1. The van der Waals surface area contributed by atoms with Crippen LogP contribution >= 0.6 is 15.9 Å². The van der Waals surface area contributed by atoms with Crippen LogP contribution in [0.5, 0.6) is 0 Å². The van der Waals surface area contributed by atoms with Crippen LogP contribution in [-0.4, -0.2) is 11.0 Å². The number of pyridine rings is 1. The maximum absolute atomic E-state index is 13.1. The third kappa shape index (κ3) is 4.08. The Morgan fingerprint density at radius 2 is 1.79 bits per heavy atom. The van der Waals surface area contributed by atoms with Gasteiger partial charge in [-0.2, -0.15) is 0 Å². The lowest BCUT2D eigenvalue weighted by molar-refractivity contribution is 0.506. The van der Waals surface area contributed by atoms with Crippen molar-refractivity contribution in [3.63, 3.8) is 0 Å². The number of aromatic nitrogens is 1. The quantitative estimate of drug-likeness (QED) is 0.936. The number of rotatable bonds is 4. The summed E-state index contributed by atoms with van der Waals surface area (Å²) in [6, 6.07) is 5.64. The minimum absolute atomic E-state index is 0.166. The summed E-state index contributed by atoms with van der Waals surface area (Å²) >= 11 is 3.34. The van der Waals surface area contributed by atoms with E-state index < -0.39 is 11.6 Å². The van der Waals surface area contributed by atoms with E-state index in [1.165, 1.54) is 6.07 Å². The second-order valence-electron chi connectivity index (χ2n) is 4.43. The summed E-state index contributed by atoms with van der Waals surface area (Å²) in [5, 5.41) is 0. The van der Waals surface area contributed by atoms with Gasteiger partial charge >= 0.3 is 0 Å². The van der Waals surface area contributed by atoms with E-state index in [0.29, 0.717) is 18.4 Å². The molecule has 0 spiro atoms. The molecule has 2 nitrogen and oxygen atoms in total. The van der Waals surface area contributed by atoms with Crippen LogP contribution in [0, 0.1) is 11.6 Å². The van der Waals surface area contributed by atoms with Crippen molar-refractivity contribution in [1.82, 2.24) is 4.98 Å². The van der Waals surface area contributed by atoms with E-state index in [2.05, 4.69) is 20.9 Å². The standard InChI is InChI=1S/C14H13BrF2N2/c15-11-3-10(7-19-8-11)5-12(18)4-9-1-2-13(16)14(17)6-9/h1-3,6-8,12H,4-5,18H2. The summed E-state index contributed by atoms with van der Waals surface area (Å²) in [6.45, 7) is 0. The average Bonchev–Trinajstić information content (AvgIpc) is 2.34. The van der Waals surface area contributed by atoms with E-state index in [0.717, 1.165) is 16.1 Å². The Morgan fingerprint density at radius 1 is 1.05 bits per heavy atom. The highest BCUT2D eigenvalue weighted by Gasteiger charge is 2.09. The smallest absolute Gasteiger partial charge is 0.159 e. The normalized spacial score (nSPS) is 12.4. The second-order valence-corrected chi connectivity index (χ2v) is 5.34. The number of benzene rings is 1. The summed E-state index contributed by atoms with van der Waals surface area (Å²) in [7, 11) is 0. The molecule has 1 aromatic carbocycles. The molecule has 0 aliphatic rings. The summed E-state index contributed by atoms with van der Waals surface area (Å²) < 4.78 is 26.8. The second kappa shape index (κ2) is 6.21. The van der Waals surface area contributed by atoms with Gasteiger partial charge in [0.15, 0.2) is 11.6 Å². The number of hydrogen-bond acceptors (Lipinski definition) is 2. The SMILES string of the molecule is NC(Cc1cncc(Br)c1)Cc1ccc(F)c(F)c1. The molecule has 1 heterocycles. The van der Waals surface area contributed by atoms with Crippen molar-refractivity contribution in [1.29, 1.82) is 0 Å². The van der Waals surface area contributed by atoms with Crippen molar-refractivity contribution < 1.29 is 8.78 Å². The molecular formula is C14H13BrF2N2. The Bertz CT molecular complexity index is 575. The summed E-state index contributed by atoms with van der Waals surface area (Å²) in [4.78, 5) is 4.06. The molecule has 0 saturated heterocycles. The van der Waals surface area contributed by atoms with Crippen LogP contribution in [0.1, 0.15) is 11.1 Å². The average molecular weight is 327 g/mol. The van der Waals surface area contributed by atoms with Gasteiger partial charge in [-0.3, -0.25) is 4.98 Å². The first kappa shape index (κ1) is 14.1. The highest BCUT2D eigenvalue weighted by atomic mass is 79.9. The van der Waals surface area contributed by atoms with Gasteiger partial charge in [0, 0.05) is 22.9 Å². The third-order valence-electron chi connectivity index (χ3n) is 2.74. The fourth-order valence-corrected chi connectivity index (χ4v) is 2.32. The van der Waals surface area contributed by atoms with E-state index >= 15 is 0 Å². The largest absolute Gasteiger partial charge is 0.327 e. The molecule has 0 amide bonds. The van der Waals surface area contributed by atoms with Crippen LogP contribution in [0.25, 0.3) is 0 Å². The Hall–Kier alpha value is -1.33. The fourth-order valence-electron chi connectivity index (χ4n) is 1.91. The Balaban J connectivity index is 2.01. The molecule has 0 bridgehead atoms. The highest BCUT2D eigenvalue weighted by molar-refractivity contribution is 9.10. The van der Waals surface area contributed by atoms with Gasteiger partial charge < -0.3 is 5.73 Å². The van der Waals surface area contributed by atoms with E-state index in [9.17, 15) is 8.78 Å². The van der Waals surface area contributed by atoms with Crippen LogP contribution in [-0.2, 0) is 12.8 Å². The fraction of sp³-hybridized carbons (Fsp3) is 0.214. The Morgan fingerprint density at radius 3 is 2.47 bits per heavy atom. The minimum Gasteiger partial charge on any atom is -0.327 e. The molecule has 1 unspecified atom stereocenters. The first-order valence-electron chi connectivity index (χ1n) is 5.83. The van der Waals surface area contributed by atoms with Crippen molar-refractivity contribution in [2.75, 3.05) is 0 Å². The molecule has 5 heteroatoms. The Kier molecular flexibility index (Phi) is 4.61. The van der Waals surface area contributed by atoms with Crippen LogP contribution < -0.4 is 5.73 Å². The molecule has 1 aromatic heterocycles. The molecule has 0 fully saturated rings. The van der Waals surface area contributed by atoms with Gasteiger partial charge in [0.1, 0.15) is 0 Å². The van der Waals surface area contributed by atoms with Crippen molar-refractivity contribution in [3.8, 4) is 0 Å². The molecular weight excluding hydrogens is 314 g/mol. The zero-order valence-corrected chi connectivity index (χ0v) is 11.7. The van der Waals surface area contributed by atoms with Gasteiger partial charge in [-0.15, -0.1) is 0 Å². The zero-order valence-electron chi connectivity index (χ0n) is 10.1. The highest BCUT2D eigenvalue weighted by Crippen LogP contribution is 2.14. The van der Waals surface area contributed by atoms with Gasteiger partial charge in [-0.05, 0) is 58.1 Å². The van der Waals surface area contributed by atoms with Crippen LogP contribution in [0.3, 0.4) is 0 Å². The van der Waals surface area contributed by atoms with Crippen molar-refractivity contribution in [3.05, 3.63) is 63.9 Å². The predicted octanol–water partition coefficient (Wildman–Crippen LogP) is 3.23. The van der Waals surface area contributed by atoms with E-state index in [1.54, 1.807) is 18.5 Å². The molecule has 2 aromatic rings. The molecule has 2 rings (SSSR count). The van der Waals surface area contributed by atoms with E-state index in [4.69, 9.17) is 5.73 Å². The molecule has 0 radical (unpaired) electrons. The molecule has 100 valence electrons. The monoisotopic (exact) mass is 326 g/mol. The third-order valence-corrected chi connectivity index (χ3v) is 3.17. The first-order valence-corrected chi connectivity index (χ1v) is 6.63. The van der Waals surface area contributed by atoms with Crippen LogP contribution in [0.2, 0.25) is 0 Å². The molecule has 19 heavy (non-hydrogen) atoms. The van der Waals surface area contributed by atoms with E-state index in [1.807, 2.05) is 6.07 Å². The molecule has 2 N–H and O–H groups in total. The van der Waals surface area contributed by atoms with Gasteiger partial charge in [0.05, 0.1) is 0 Å². The molecule has 0 aliphatic heterocycles. The maximum Gasteiger partial charge on any atom is 0.159 e. The lowest BCUT2D eigenvalue weighted by Crippen LogP contribution is -2.25. The topological polar surface area (TPSA) is 38.9 Å². The van der Waals surface area contributed by atoms with Crippen LogP contribution in [0.4, 0.5) is 8.78 Å².